The number of halogens is 2. The molecule has 0 aliphatic rings. The second-order valence-corrected chi connectivity index (χ2v) is 9.46. The quantitative estimate of drug-likeness (QED) is 0.258. The van der Waals surface area contributed by atoms with E-state index < -0.39 is 18.0 Å². The van der Waals surface area contributed by atoms with Crippen molar-refractivity contribution in [3.8, 4) is 22.6 Å². The van der Waals surface area contributed by atoms with Gasteiger partial charge in [0.05, 0.1) is 24.9 Å². The van der Waals surface area contributed by atoms with Crippen molar-refractivity contribution in [3.05, 3.63) is 86.8 Å². The second-order valence-electron chi connectivity index (χ2n) is 8.62. The molecule has 0 saturated carbocycles. The number of benzene rings is 3. The summed E-state index contributed by atoms with van der Waals surface area (Å²) in [4.78, 5) is 40.1. The second kappa shape index (κ2) is 11.8. The average molecular weight is 569 g/mol. The predicted octanol–water partition coefficient (Wildman–Crippen LogP) is 6.10. The normalized spacial score (nSPS) is 11.6. The lowest BCUT2D eigenvalue weighted by atomic mass is 9.96. The minimum atomic E-state index is -1.18. The van der Waals surface area contributed by atoms with Crippen LogP contribution >= 0.6 is 23.2 Å². The van der Waals surface area contributed by atoms with Crippen LogP contribution in [0.5, 0.6) is 11.5 Å². The molecule has 0 aliphatic carbocycles. The Morgan fingerprint density at radius 1 is 0.949 bits per heavy atom. The van der Waals surface area contributed by atoms with E-state index in [-0.39, 0.29) is 28.4 Å². The van der Waals surface area contributed by atoms with Gasteiger partial charge in [-0.1, -0.05) is 60.5 Å². The van der Waals surface area contributed by atoms with Gasteiger partial charge < -0.3 is 24.1 Å². The van der Waals surface area contributed by atoms with E-state index in [0.717, 1.165) is 0 Å². The summed E-state index contributed by atoms with van der Waals surface area (Å²) in [5.41, 5.74) is 1.08. The minimum absolute atomic E-state index is 0.0114. The van der Waals surface area contributed by atoms with Crippen LogP contribution in [0.15, 0.2) is 65.5 Å². The number of nitrogens with zero attached hydrogens (tertiary/aromatic N) is 1. The number of carbonyl (C=O) groups excluding carboxylic acids is 2. The summed E-state index contributed by atoms with van der Waals surface area (Å²) in [6, 6.07) is 16.9. The third-order valence-corrected chi connectivity index (χ3v) is 6.82. The first-order valence-corrected chi connectivity index (χ1v) is 12.8. The average Bonchev–Trinajstić information content (AvgIpc) is 2.94. The summed E-state index contributed by atoms with van der Waals surface area (Å²) in [7, 11) is 4.40. The Bertz CT molecular complexity index is 1620. The van der Waals surface area contributed by atoms with Gasteiger partial charge in [0.15, 0.2) is 6.10 Å². The number of rotatable bonds is 8. The van der Waals surface area contributed by atoms with E-state index in [9.17, 15) is 14.4 Å². The fourth-order valence-corrected chi connectivity index (χ4v) is 4.66. The number of amides is 1. The maximum Gasteiger partial charge on any atom is 0.356 e. The standard InChI is InChI=1S/C29H26Cl2N2O6/c1-5-22(27(34)32-21-14-20(31)23(37-3)15-24(21)38-4)39-29(36)26-25(16-10-12-17(30)13-11-16)18-8-6-7-9-19(18)28(35)33(26)2/h6-15,22H,5H2,1-4H3,(H,32,34). The molecule has 0 bridgehead atoms. The third-order valence-electron chi connectivity index (χ3n) is 6.27. The summed E-state index contributed by atoms with van der Waals surface area (Å²) < 4.78 is 17.5. The van der Waals surface area contributed by atoms with Gasteiger partial charge in [-0.05, 0) is 41.6 Å². The minimum Gasteiger partial charge on any atom is -0.495 e. The number of carbonyl (C=O) groups is 2. The van der Waals surface area contributed by atoms with Crippen LogP contribution in [0.3, 0.4) is 0 Å². The molecule has 1 atom stereocenters. The van der Waals surface area contributed by atoms with Crippen molar-refractivity contribution in [1.82, 2.24) is 4.57 Å². The lowest BCUT2D eigenvalue weighted by Gasteiger charge is -2.21. The maximum absolute atomic E-state index is 13.7. The van der Waals surface area contributed by atoms with E-state index in [1.54, 1.807) is 55.5 Å². The highest BCUT2D eigenvalue weighted by atomic mass is 35.5. The number of hydrogen-bond donors (Lipinski definition) is 1. The van der Waals surface area contributed by atoms with Crippen molar-refractivity contribution in [2.45, 2.75) is 19.4 Å². The molecule has 1 heterocycles. The van der Waals surface area contributed by atoms with Crippen LogP contribution in [0.1, 0.15) is 23.8 Å². The van der Waals surface area contributed by atoms with Gasteiger partial charge in [-0.25, -0.2) is 4.79 Å². The van der Waals surface area contributed by atoms with Crippen molar-refractivity contribution in [1.29, 1.82) is 0 Å². The molecule has 0 aliphatic heterocycles. The number of aromatic nitrogens is 1. The Hall–Kier alpha value is -4.01. The number of anilines is 1. The highest BCUT2D eigenvalue weighted by Gasteiger charge is 2.28. The lowest BCUT2D eigenvalue weighted by Crippen LogP contribution is -2.34. The van der Waals surface area contributed by atoms with Crippen LogP contribution in [0, 0.1) is 0 Å². The van der Waals surface area contributed by atoms with Gasteiger partial charge in [0, 0.05) is 29.1 Å². The Morgan fingerprint density at radius 3 is 2.21 bits per heavy atom. The highest BCUT2D eigenvalue weighted by Crippen LogP contribution is 2.36. The first kappa shape index (κ1) is 28.0. The van der Waals surface area contributed by atoms with Crippen LogP contribution in [-0.2, 0) is 16.6 Å². The van der Waals surface area contributed by atoms with E-state index in [2.05, 4.69) is 5.32 Å². The van der Waals surface area contributed by atoms with Gasteiger partial charge in [-0.2, -0.15) is 0 Å². The van der Waals surface area contributed by atoms with Gasteiger partial charge in [-0.3, -0.25) is 9.59 Å². The molecular weight excluding hydrogens is 543 g/mol. The number of pyridine rings is 1. The maximum atomic E-state index is 13.7. The number of esters is 1. The lowest BCUT2D eigenvalue weighted by molar-refractivity contribution is -0.124. The monoisotopic (exact) mass is 568 g/mol. The molecule has 1 unspecified atom stereocenters. The zero-order valence-electron chi connectivity index (χ0n) is 21.7. The first-order chi connectivity index (χ1) is 18.7. The van der Waals surface area contributed by atoms with Gasteiger partial charge in [-0.15, -0.1) is 0 Å². The molecule has 4 rings (SSSR count). The number of ether oxygens (including phenoxy) is 3. The van der Waals surface area contributed by atoms with E-state index in [4.69, 9.17) is 37.4 Å². The summed E-state index contributed by atoms with van der Waals surface area (Å²) in [6.45, 7) is 1.70. The highest BCUT2D eigenvalue weighted by molar-refractivity contribution is 6.32. The van der Waals surface area contributed by atoms with Gasteiger partial charge in [0.2, 0.25) is 0 Å². The molecule has 0 saturated heterocycles. The van der Waals surface area contributed by atoms with E-state index in [0.29, 0.717) is 38.4 Å². The van der Waals surface area contributed by atoms with Gasteiger partial charge in [0.1, 0.15) is 17.2 Å². The molecule has 0 fully saturated rings. The van der Waals surface area contributed by atoms with Crippen LogP contribution in [0.25, 0.3) is 21.9 Å². The summed E-state index contributed by atoms with van der Waals surface area (Å²) in [5.74, 6) is -0.735. The van der Waals surface area contributed by atoms with Crippen molar-refractivity contribution < 1.29 is 23.8 Å². The van der Waals surface area contributed by atoms with Crippen LogP contribution in [-0.4, -0.2) is 36.8 Å². The molecule has 8 nitrogen and oxygen atoms in total. The molecule has 39 heavy (non-hydrogen) atoms. The molecule has 4 aromatic rings. The van der Waals surface area contributed by atoms with Crippen molar-refractivity contribution in [2.24, 2.45) is 7.05 Å². The fraction of sp³-hybridized carbons (Fsp3) is 0.207. The SMILES string of the molecule is CCC(OC(=O)c1c(-c2ccc(Cl)cc2)c2ccccc2c(=O)n1C)C(=O)Nc1cc(Cl)c(OC)cc1OC. The number of hydrogen-bond acceptors (Lipinski definition) is 6. The summed E-state index contributed by atoms with van der Waals surface area (Å²) >= 11 is 12.3. The Labute approximate surface area is 235 Å². The van der Waals surface area contributed by atoms with Crippen molar-refractivity contribution in [3.63, 3.8) is 0 Å². The molecule has 0 radical (unpaired) electrons. The third kappa shape index (κ3) is 5.57. The van der Waals surface area contributed by atoms with Crippen LogP contribution in [0.4, 0.5) is 5.69 Å². The Kier molecular flexibility index (Phi) is 8.47. The number of fused-ring (bicyclic) bond motifs is 1. The first-order valence-electron chi connectivity index (χ1n) is 12.0. The predicted molar refractivity (Wildman–Crippen MR) is 152 cm³/mol. The molecule has 1 aromatic heterocycles. The molecular formula is C29H26Cl2N2O6. The number of nitrogens with one attached hydrogen (secondary N) is 1. The largest absolute Gasteiger partial charge is 0.495 e. The van der Waals surface area contributed by atoms with Crippen molar-refractivity contribution in [2.75, 3.05) is 19.5 Å². The summed E-state index contributed by atoms with van der Waals surface area (Å²) in [6.07, 6.45) is -1.01. The summed E-state index contributed by atoms with van der Waals surface area (Å²) in [5, 5.41) is 4.50. The fourth-order valence-electron chi connectivity index (χ4n) is 4.29. The molecule has 1 N–H and O–H groups in total. The number of methoxy groups -OCH3 is 2. The zero-order chi connectivity index (χ0) is 28.3. The topological polar surface area (TPSA) is 95.9 Å². The van der Waals surface area contributed by atoms with E-state index in [1.165, 1.54) is 38.0 Å². The smallest absolute Gasteiger partial charge is 0.356 e. The molecule has 202 valence electrons. The van der Waals surface area contributed by atoms with Gasteiger partial charge >= 0.3 is 5.97 Å². The zero-order valence-corrected chi connectivity index (χ0v) is 23.2. The molecule has 10 heteroatoms. The molecule has 1 amide bonds. The van der Waals surface area contributed by atoms with Crippen LogP contribution < -0.4 is 20.3 Å². The Morgan fingerprint density at radius 2 is 1.59 bits per heavy atom. The van der Waals surface area contributed by atoms with E-state index >= 15 is 0 Å². The van der Waals surface area contributed by atoms with E-state index in [1.807, 2.05) is 0 Å². The Balaban J connectivity index is 1.73. The van der Waals surface area contributed by atoms with Crippen LogP contribution in [0.2, 0.25) is 10.0 Å². The molecule has 3 aromatic carbocycles. The van der Waals surface area contributed by atoms with Crippen molar-refractivity contribution >= 4 is 51.5 Å². The molecule has 0 spiro atoms. The van der Waals surface area contributed by atoms with Gasteiger partial charge in [0.25, 0.3) is 11.5 Å².